The first kappa shape index (κ1) is 16.1. The van der Waals surface area contributed by atoms with Gasteiger partial charge in [-0.25, -0.2) is 0 Å². The quantitative estimate of drug-likeness (QED) is 0.899. The molecule has 118 valence electrons. The molecular formula is C16H23F3N2. The summed E-state index contributed by atoms with van der Waals surface area (Å²) in [6.07, 6.45) is -2.72. The molecule has 1 saturated heterocycles. The van der Waals surface area contributed by atoms with Gasteiger partial charge in [0.1, 0.15) is 0 Å². The van der Waals surface area contributed by atoms with Gasteiger partial charge in [-0.2, -0.15) is 13.2 Å². The van der Waals surface area contributed by atoms with E-state index in [2.05, 4.69) is 23.2 Å². The number of benzene rings is 1. The number of piperidine rings is 1. The number of alkyl halides is 3. The number of rotatable bonds is 4. The summed E-state index contributed by atoms with van der Waals surface area (Å²) in [5.74, 6) is -1.15. The maximum atomic E-state index is 12.8. The number of nitrogens with zero attached hydrogens (tertiary/aromatic N) is 1. The van der Waals surface area contributed by atoms with Crippen LogP contribution >= 0.6 is 0 Å². The fraction of sp³-hybridized carbons (Fsp3) is 0.625. The zero-order valence-electron chi connectivity index (χ0n) is 12.6. The minimum atomic E-state index is -4.05. The first-order valence-corrected chi connectivity index (χ1v) is 7.55. The molecule has 1 aromatic carbocycles. The lowest BCUT2D eigenvalue weighted by Crippen LogP contribution is -2.39. The molecular weight excluding hydrogens is 277 g/mol. The highest BCUT2D eigenvalue weighted by molar-refractivity contribution is 5.55. The van der Waals surface area contributed by atoms with E-state index < -0.39 is 12.1 Å². The summed E-state index contributed by atoms with van der Waals surface area (Å²) < 4.78 is 38.3. The van der Waals surface area contributed by atoms with E-state index in [1.54, 1.807) is 0 Å². The van der Waals surface area contributed by atoms with E-state index in [0.29, 0.717) is 13.1 Å². The van der Waals surface area contributed by atoms with Crippen LogP contribution in [0.15, 0.2) is 24.3 Å². The average molecular weight is 300 g/mol. The first-order chi connectivity index (χ1) is 9.97. The molecule has 0 aliphatic carbocycles. The normalized spacial score (nSPS) is 18.8. The Kier molecular flexibility index (Phi) is 5.14. The number of para-hydroxylation sites is 1. The van der Waals surface area contributed by atoms with Crippen LogP contribution in [0.5, 0.6) is 0 Å². The molecule has 1 heterocycles. The smallest absolute Gasteiger partial charge is 0.371 e. The van der Waals surface area contributed by atoms with Crippen LogP contribution in [0.3, 0.4) is 0 Å². The Morgan fingerprint density at radius 1 is 1.24 bits per heavy atom. The van der Waals surface area contributed by atoms with Gasteiger partial charge < -0.3 is 10.2 Å². The van der Waals surface area contributed by atoms with Crippen molar-refractivity contribution in [2.24, 2.45) is 5.92 Å². The van der Waals surface area contributed by atoms with Gasteiger partial charge in [0.15, 0.2) is 0 Å². The molecule has 2 rings (SSSR count). The Bertz CT molecular complexity index is 447. The lowest BCUT2D eigenvalue weighted by Gasteiger charge is -2.36. The first-order valence-electron chi connectivity index (χ1n) is 7.55. The molecule has 0 amide bonds. The number of hydrogen-bond donors (Lipinski definition) is 1. The summed E-state index contributed by atoms with van der Waals surface area (Å²) in [5.41, 5.74) is 2.24. The Hall–Kier alpha value is -1.23. The van der Waals surface area contributed by atoms with Crippen LogP contribution in [0.25, 0.3) is 0 Å². The van der Waals surface area contributed by atoms with E-state index in [1.807, 2.05) is 25.2 Å². The number of nitrogens with one attached hydrogen (secondary N) is 1. The monoisotopic (exact) mass is 300 g/mol. The standard InChI is InChI=1S/C16H23F3N2/c1-3-14(20-2)13-6-4-5-7-15(13)21-10-8-12(9-11-21)16(17,18)19/h4-7,12,14,20H,3,8-11H2,1-2H3. The Labute approximate surface area is 124 Å². The zero-order chi connectivity index (χ0) is 15.5. The molecule has 0 aromatic heterocycles. The van der Waals surface area contributed by atoms with Gasteiger partial charge in [-0.05, 0) is 37.9 Å². The van der Waals surface area contributed by atoms with E-state index in [1.165, 1.54) is 5.56 Å². The van der Waals surface area contributed by atoms with Crippen molar-refractivity contribution in [1.29, 1.82) is 0 Å². The lowest BCUT2D eigenvalue weighted by molar-refractivity contribution is -0.179. The number of halogens is 3. The molecule has 1 atom stereocenters. The minimum absolute atomic E-state index is 0.189. The van der Waals surface area contributed by atoms with Crippen molar-refractivity contribution in [1.82, 2.24) is 5.32 Å². The fourth-order valence-electron chi connectivity index (χ4n) is 3.10. The largest absolute Gasteiger partial charge is 0.391 e. The van der Waals surface area contributed by atoms with Crippen LogP contribution in [0.4, 0.5) is 18.9 Å². The molecule has 1 unspecified atom stereocenters. The van der Waals surface area contributed by atoms with Crippen LogP contribution in [0.2, 0.25) is 0 Å². The molecule has 2 nitrogen and oxygen atoms in total. The SMILES string of the molecule is CCC(NC)c1ccccc1N1CCC(C(F)(F)F)CC1. The zero-order valence-corrected chi connectivity index (χ0v) is 12.6. The molecule has 1 aliphatic heterocycles. The highest BCUT2D eigenvalue weighted by Gasteiger charge is 2.41. The van der Waals surface area contributed by atoms with E-state index in [-0.39, 0.29) is 18.9 Å². The molecule has 1 aliphatic rings. The third kappa shape index (κ3) is 3.70. The van der Waals surface area contributed by atoms with Crippen molar-refractivity contribution in [2.75, 3.05) is 25.0 Å². The van der Waals surface area contributed by atoms with E-state index in [4.69, 9.17) is 0 Å². The highest BCUT2D eigenvalue weighted by atomic mass is 19.4. The third-order valence-electron chi connectivity index (χ3n) is 4.37. The van der Waals surface area contributed by atoms with Gasteiger partial charge >= 0.3 is 6.18 Å². The lowest BCUT2D eigenvalue weighted by atomic mass is 9.94. The van der Waals surface area contributed by atoms with Crippen molar-refractivity contribution >= 4 is 5.69 Å². The second kappa shape index (κ2) is 6.69. The number of hydrogen-bond acceptors (Lipinski definition) is 2. The molecule has 5 heteroatoms. The molecule has 21 heavy (non-hydrogen) atoms. The van der Waals surface area contributed by atoms with Crippen molar-refractivity contribution in [3.63, 3.8) is 0 Å². The summed E-state index contributed by atoms with van der Waals surface area (Å²) >= 11 is 0. The van der Waals surface area contributed by atoms with E-state index in [9.17, 15) is 13.2 Å². The maximum absolute atomic E-state index is 12.8. The summed E-state index contributed by atoms with van der Waals surface area (Å²) in [6, 6.07) is 8.26. The third-order valence-corrected chi connectivity index (χ3v) is 4.37. The summed E-state index contributed by atoms with van der Waals surface area (Å²) in [5, 5.41) is 3.27. The topological polar surface area (TPSA) is 15.3 Å². The van der Waals surface area contributed by atoms with E-state index >= 15 is 0 Å². The van der Waals surface area contributed by atoms with E-state index in [0.717, 1.165) is 12.1 Å². The van der Waals surface area contributed by atoms with Gasteiger partial charge in [-0.15, -0.1) is 0 Å². The van der Waals surface area contributed by atoms with Crippen molar-refractivity contribution in [3.05, 3.63) is 29.8 Å². The molecule has 1 fully saturated rings. The average Bonchev–Trinajstić information content (AvgIpc) is 2.48. The molecule has 1 N–H and O–H groups in total. The molecule has 0 spiro atoms. The predicted octanol–water partition coefficient (Wildman–Crippen LogP) is 4.14. The second-order valence-corrected chi connectivity index (χ2v) is 5.61. The van der Waals surface area contributed by atoms with Crippen LogP contribution < -0.4 is 10.2 Å². The molecule has 1 aromatic rings. The maximum Gasteiger partial charge on any atom is 0.391 e. The number of anilines is 1. The summed E-state index contributed by atoms with van der Waals surface area (Å²) in [4.78, 5) is 2.09. The van der Waals surface area contributed by atoms with Gasteiger partial charge in [-0.3, -0.25) is 0 Å². The van der Waals surface area contributed by atoms with Gasteiger partial charge in [-0.1, -0.05) is 25.1 Å². The van der Waals surface area contributed by atoms with Crippen LogP contribution in [0.1, 0.15) is 37.8 Å². The summed E-state index contributed by atoms with van der Waals surface area (Å²) in [7, 11) is 1.92. The van der Waals surface area contributed by atoms with Crippen molar-refractivity contribution in [3.8, 4) is 0 Å². The van der Waals surface area contributed by atoms with Crippen molar-refractivity contribution < 1.29 is 13.2 Å². The predicted molar refractivity (Wildman–Crippen MR) is 79.5 cm³/mol. The van der Waals surface area contributed by atoms with Gasteiger partial charge in [0.2, 0.25) is 0 Å². The Morgan fingerprint density at radius 2 is 1.86 bits per heavy atom. The van der Waals surface area contributed by atoms with Crippen LogP contribution in [-0.2, 0) is 0 Å². The van der Waals surface area contributed by atoms with Crippen molar-refractivity contribution in [2.45, 2.75) is 38.4 Å². The van der Waals surface area contributed by atoms with Gasteiger partial charge in [0, 0.05) is 24.8 Å². The van der Waals surface area contributed by atoms with Crippen LogP contribution in [0, 0.1) is 5.92 Å². The fourth-order valence-corrected chi connectivity index (χ4v) is 3.10. The van der Waals surface area contributed by atoms with Crippen LogP contribution in [-0.4, -0.2) is 26.3 Å². The highest BCUT2D eigenvalue weighted by Crippen LogP contribution is 2.37. The molecule has 0 radical (unpaired) electrons. The second-order valence-electron chi connectivity index (χ2n) is 5.61. The summed E-state index contributed by atoms with van der Waals surface area (Å²) in [6.45, 7) is 3.05. The molecule has 0 bridgehead atoms. The molecule has 0 saturated carbocycles. The Morgan fingerprint density at radius 3 is 2.38 bits per heavy atom. The minimum Gasteiger partial charge on any atom is -0.371 e. The Balaban J connectivity index is 2.14. The van der Waals surface area contributed by atoms with Gasteiger partial charge in [0.05, 0.1) is 5.92 Å². The van der Waals surface area contributed by atoms with Gasteiger partial charge in [0.25, 0.3) is 0 Å².